The average molecular weight is 194 g/mol. The summed E-state index contributed by atoms with van der Waals surface area (Å²) in [7, 11) is 0. The van der Waals surface area contributed by atoms with E-state index in [1.807, 2.05) is 0 Å². The van der Waals surface area contributed by atoms with Gasteiger partial charge in [-0.25, -0.2) is 0 Å². The van der Waals surface area contributed by atoms with E-state index in [-0.39, 0.29) is 5.41 Å². The highest BCUT2D eigenvalue weighted by molar-refractivity contribution is 5.80. The fourth-order valence-electron chi connectivity index (χ4n) is 2.15. The molecule has 1 aliphatic carbocycles. The van der Waals surface area contributed by atoms with E-state index in [9.17, 15) is 4.79 Å². The van der Waals surface area contributed by atoms with Gasteiger partial charge in [-0.3, -0.25) is 4.79 Å². The molecule has 0 aliphatic heterocycles. The monoisotopic (exact) mass is 194 g/mol. The Hall–Kier alpha value is -0.590. The van der Waals surface area contributed by atoms with Crippen LogP contribution in [0.1, 0.15) is 58.8 Å². The first-order valence-corrected chi connectivity index (χ1v) is 5.86. The highest BCUT2D eigenvalue weighted by Gasteiger charge is 2.28. The molecule has 1 saturated carbocycles. The zero-order valence-corrected chi connectivity index (χ0v) is 9.51. The normalized spacial score (nSPS) is 28.6. The van der Waals surface area contributed by atoms with Crippen LogP contribution in [0.25, 0.3) is 0 Å². The molecule has 0 N–H and O–H groups in total. The zero-order chi connectivity index (χ0) is 10.4. The number of carbonyl (C=O) groups excluding carboxylic acids is 1. The third-order valence-electron chi connectivity index (χ3n) is 3.05. The van der Waals surface area contributed by atoms with E-state index in [4.69, 9.17) is 0 Å². The van der Waals surface area contributed by atoms with Crippen LogP contribution in [0.5, 0.6) is 0 Å². The number of hydrogen-bond acceptors (Lipinski definition) is 1. The van der Waals surface area contributed by atoms with Gasteiger partial charge in [0.2, 0.25) is 0 Å². The average Bonchev–Trinajstić information content (AvgIpc) is 2.12. The first-order valence-electron chi connectivity index (χ1n) is 5.86. The summed E-state index contributed by atoms with van der Waals surface area (Å²) in [6, 6.07) is 0. The SMILES string of the molecule is CCCC/C=C/[C@@]1(C)CCCC(=O)C1. The molecule has 1 atom stereocenters. The molecule has 0 radical (unpaired) electrons. The molecule has 0 unspecified atom stereocenters. The lowest BCUT2D eigenvalue weighted by molar-refractivity contribution is -0.122. The highest BCUT2D eigenvalue weighted by atomic mass is 16.1. The molecule has 0 spiro atoms. The van der Waals surface area contributed by atoms with Crippen molar-refractivity contribution in [2.24, 2.45) is 5.41 Å². The van der Waals surface area contributed by atoms with Crippen LogP contribution in [-0.2, 0) is 4.79 Å². The number of Topliss-reactive ketones (excluding diaryl/α,β-unsaturated/α-hetero) is 1. The Kier molecular flexibility index (Phi) is 4.37. The molecule has 80 valence electrons. The number of carbonyl (C=O) groups is 1. The van der Waals surface area contributed by atoms with Crippen LogP contribution in [0.4, 0.5) is 0 Å². The Morgan fingerprint density at radius 2 is 2.29 bits per heavy atom. The van der Waals surface area contributed by atoms with E-state index in [0.29, 0.717) is 5.78 Å². The summed E-state index contributed by atoms with van der Waals surface area (Å²) in [6.45, 7) is 4.42. The number of unbranched alkanes of at least 4 members (excludes halogenated alkanes) is 2. The van der Waals surface area contributed by atoms with Crippen LogP contribution >= 0.6 is 0 Å². The van der Waals surface area contributed by atoms with Crippen molar-refractivity contribution in [1.29, 1.82) is 0 Å². The predicted molar refractivity (Wildman–Crippen MR) is 60.2 cm³/mol. The summed E-state index contributed by atoms with van der Waals surface area (Å²) >= 11 is 0. The first-order chi connectivity index (χ1) is 6.66. The second-order valence-electron chi connectivity index (χ2n) is 4.77. The van der Waals surface area contributed by atoms with Gasteiger partial charge in [-0.1, -0.05) is 38.8 Å². The fourth-order valence-corrected chi connectivity index (χ4v) is 2.15. The van der Waals surface area contributed by atoms with Crippen molar-refractivity contribution in [3.05, 3.63) is 12.2 Å². The van der Waals surface area contributed by atoms with Gasteiger partial charge in [0.15, 0.2) is 0 Å². The summed E-state index contributed by atoms with van der Waals surface area (Å²) in [5, 5.41) is 0. The topological polar surface area (TPSA) is 17.1 Å². The summed E-state index contributed by atoms with van der Waals surface area (Å²) in [6.07, 6.45) is 12.0. The largest absolute Gasteiger partial charge is 0.300 e. The standard InChI is InChI=1S/C13H22O/c1-3-4-5-6-9-13(2)10-7-8-12(14)11-13/h6,9H,3-5,7-8,10-11H2,1-2H3/b9-6+/t13-/m0/s1. The second kappa shape index (κ2) is 5.33. The van der Waals surface area contributed by atoms with Crippen LogP contribution in [0.15, 0.2) is 12.2 Å². The molecule has 1 nitrogen and oxygen atoms in total. The summed E-state index contributed by atoms with van der Waals surface area (Å²) in [5.41, 5.74) is 0.170. The van der Waals surface area contributed by atoms with Crippen molar-refractivity contribution in [3.63, 3.8) is 0 Å². The van der Waals surface area contributed by atoms with Crippen molar-refractivity contribution in [2.75, 3.05) is 0 Å². The Morgan fingerprint density at radius 3 is 2.93 bits per heavy atom. The Labute approximate surface area is 87.6 Å². The van der Waals surface area contributed by atoms with Crippen molar-refractivity contribution in [3.8, 4) is 0 Å². The highest BCUT2D eigenvalue weighted by Crippen LogP contribution is 2.35. The van der Waals surface area contributed by atoms with Gasteiger partial charge in [0.1, 0.15) is 5.78 Å². The minimum atomic E-state index is 0.170. The van der Waals surface area contributed by atoms with Gasteiger partial charge in [-0.15, -0.1) is 0 Å². The molecule has 14 heavy (non-hydrogen) atoms. The smallest absolute Gasteiger partial charge is 0.133 e. The second-order valence-corrected chi connectivity index (χ2v) is 4.77. The van der Waals surface area contributed by atoms with E-state index >= 15 is 0 Å². The molecule has 0 bridgehead atoms. The molecule has 0 aromatic carbocycles. The summed E-state index contributed by atoms with van der Waals surface area (Å²) < 4.78 is 0. The Bertz CT molecular complexity index is 217. The maximum atomic E-state index is 11.3. The van der Waals surface area contributed by atoms with Crippen LogP contribution in [0.3, 0.4) is 0 Å². The lowest BCUT2D eigenvalue weighted by Crippen LogP contribution is -2.23. The molecule has 0 saturated heterocycles. The zero-order valence-electron chi connectivity index (χ0n) is 9.51. The Morgan fingerprint density at radius 1 is 1.50 bits per heavy atom. The Balaban J connectivity index is 2.39. The summed E-state index contributed by atoms with van der Waals surface area (Å²) in [5.74, 6) is 0.443. The van der Waals surface area contributed by atoms with E-state index < -0.39 is 0 Å². The third-order valence-corrected chi connectivity index (χ3v) is 3.05. The molecular weight excluding hydrogens is 172 g/mol. The van der Waals surface area contributed by atoms with E-state index in [2.05, 4.69) is 26.0 Å². The van der Waals surface area contributed by atoms with Gasteiger partial charge in [0.05, 0.1) is 0 Å². The van der Waals surface area contributed by atoms with Gasteiger partial charge < -0.3 is 0 Å². The maximum absolute atomic E-state index is 11.3. The quantitative estimate of drug-likeness (QED) is 0.490. The van der Waals surface area contributed by atoms with Gasteiger partial charge >= 0.3 is 0 Å². The fraction of sp³-hybridized carbons (Fsp3) is 0.769. The van der Waals surface area contributed by atoms with Crippen molar-refractivity contribution < 1.29 is 4.79 Å². The van der Waals surface area contributed by atoms with E-state index in [0.717, 1.165) is 19.3 Å². The van der Waals surface area contributed by atoms with Crippen LogP contribution in [0.2, 0.25) is 0 Å². The van der Waals surface area contributed by atoms with Crippen LogP contribution < -0.4 is 0 Å². The molecule has 0 aromatic heterocycles. The summed E-state index contributed by atoms with van der Waals surface area (Å²) in [4.78, 5) is 11.3. The lowest BCUT2D eigenvalue weighted by atomic mass is 9.75. The molecule has 1 heteroatoms. The molecule has 0 amide bonds. The molecular formula is C13H22O. The maximum Gasteiger partial charge on any atom is 0.133 e. The van der Waals surface area contributed by atoms with Gasteiger partial charge in [-0.2, -0.15) is 0 Å². The minimum absolute atomic E-state index is 0.170. The number of ketones is 1. The first kappa shape index (κ1) is 11.5. The number of rotatable bonds is 4. The van der Waals surface area contributed by atoms with Gasteiger partial charge in [0.25, 0.3) is 0 Å². The van der Waals surface area contributed by atoms with Gasteiger partial charge in [0, 0.05) is 12.8 Å². The van der Waals surface area contributed by atoms with E-state index in [1.165, 1.54) is 25.7 Å². The molecule has 1 fully saturated rings. The lowest BCUT2D eigenvalue weighted by Gasteiger charge is -2.29. The van der Waals surface area contributed by atoms with E-state index in [1.54, 1.807) is 0 Å². The molecule has 0 aromatic rings. The number of hydrogen-bond donors (Lipinski definition) is 0. The molecule has 0 heterocycles. The molecule has 1 rings (SSSR count). The van der Waals surface area contributed by atoms with Crippen LogP contribution in [-0.4, -0.2) is 5.78 Å². The predicted octanol–water partition coefficient (Wildman–Crippen LogP) is 3.88. The third kappa shape index (κ3) is 3.65. The van der Waals surface area contributed by atoms with Crippen LogP contribution in [0, 0.1) is 5.41 Å². The van der Waals surface area contributed by atoms with Crippen molar-refractivity contribution in [1.82, 2.24) is 0 Å². The minimum Gasteiger partial charge on any atom is -0.300 e. The van der Waals surface area contributed by atoms with Crippen molar-refractivity contribution >= 4 is 5.78 Å². The number of allylic oxidation sites excluding steroid dienone is 2. The van der Waals surface area contributed by atoms with Crippen molar-refractivity contribution in [2.45, 2.75) is 58.8 Å². The molecule has 1 aliphatic rings. The van der Waals surface area contributed by atoms with Gasteiger partial charge in [-0.05, 0) is 24.7 Å².